The highest BCUT2D eigenvalue weighted by Crippen LogP contribution is 2.19. The van der Waals surface area contributed by atoms with Crippen molar-refractivity contribution in [3.63, 3.8) is 0 Å². The van der Waals surface area contributed by atoms with Crippen LogP contribution in [0.15, 0.2) is 12.1 Å². The fraction of sp³-hybridized carbons (Fsp3) is 0.571. The van der Waals surface area contributed by atoms with Gasteiger partial charge in [-0.25, -0.2) is 0 Å². The lowest BCUT2D eigenvalue weighted by molar-refractivity contribution is -0.140. The highest BCUT2D eigenvalue weighted by Gasteiger charge is 2.18. The van der Waals surface area contributed by atoms with Gasteiger partial charge in [0.15, 0.2) is 0 Å². The Balaban J connectivity index is 2.69. The average Bonchev–Trinajstić information content (AvgIpc) is 2.95. The molecule has 0 atom stereocenters. The second kappa shape index (κ2) is 8.71. The Bertz CT molecular complexity index is 444. The molecular formula is C14H21NO4S. The Morgan fingerprint density at radius 3 is 2.55 bits per heavy atom. The lowest BCUT2D eigenvalue weighted by Gasteiger charge is -2.21. The van der Waals surface area contributed by atoms with E-state index in [4.69, 9.17) is 4.74 Å². The number of esters is 1. The van der Waals surface area contributed by atoms with Crippen LogP contribution in [0.4, 0.5) is 0 Å². The van der Waals surface area contributed by atoms with Gasteiger partial charge in [0.1, 0.15) is 0 Å². The van der Waals surface area contributed by atoms with Gasteiger partial charge in [0.2, 0.25) is 0 Å². The Hall–Kier alpha value is -1.40. The predicted octanol–water partition coefficient (Wildman–Crippen LogP) is 1.96. The lowest BCUT2D eigenvalue weighted by Crippen LogP contribution is -2.35. The molecular weight excluding hydrogens is 278 g/mol. The zero-order chi connectivity index (χ0) is 15.0. The third kappa shape index (κ3) is 4.94. The summed E-state index contributed by atoms with van der Waals surface area (Å²) in [6, 6.07) is 3.80. The van der Waals surface area contributed by atoms with Crippen LogP contribution in [-0.2, 0) is 20.7 Å². The predicted molar refractivity (Wildman–Crippen MR) is 78.1 cm³/mol. The summed E-state index contributed by atoms with van der Waals surface area (Å²) in [6.45, 7) is 3.30. The van der Waals surface area contributed by atoms with E-state index in [1.807, 2.05) is 12.1 Å². The molecule has 0 unspecified atom stereocenters. The van der Waals surface area contributed by atoms with Gasteiger partial charge in [-0.05, 0) is 18.6 Å². The molecule has 0 saturated carbocycles. The van der Waals surface area contributed by atoms with E-state index in [1.165, 1.54) is 23.3 Å². The van der Waals surface area contributed by atoms with Crippen molar-refractivity contribution in [3.05, 3.63) is 21.9 Å². The smallest absolute Gasteiger partial charge is 0.307 e. The van der Waals surface area contributed by atoms with Crippen molar-refractivity contribution >= 4 is 23.2 Å². The summed E-state index contributed by atoms with van der Waals surface area (Å²) in [4.78, 5) is 27.1. The molecule has 0 saturated heterocycles. The highest BCUT2D eigenvalue weighted by atomic mass is 32.1. The first kappa shape index (κ1) is 16.7. The summed E-state index contributed by atoms with van der Waals surface area (Å²) in [5, 5.41) is 0. The van der Waals surface area contributed by atoms with E-state index in [0.717, 1.165) is 6.42 Å². The number of aryl methyl sites for hydroxylation is 1. The molecule has 0 fully saturated rings. The summed E-state index contributed by atoms with van der Waals surface area (Å²) >= 11 is 1.49. The minimum absolute atomic E-state index is 0.0596. The van der Waals surface area contributed by atoms with Crippen molar-refractivity contribution in [1.82, 2.24) is 4.90 Å². The second-order valence-electron chi connectivity index (χ2n) is 4.23. The monoisotopic (exact) mass is 299 g/mol. The minimum Gasteiger partial charge on any atom is -0.469 e. The van der Waals surface area contributed by atoms with Crippen molar-refractivity contribution in [2.45, 2.75) is 19.8 Å². The third-order valence-corrected chi connectivity index (χ3v) is 4.10. The fourth-order valence-electron chi connectivity index (χ4n) is 1.68. The molecule has 1 aromatic heterocycles. The molecule has 0 aliphatic carbocycles. The van der Waals surface area contributed by atoms with Crippen LogP contribution in [0.5, 0.6) is 0 Å². The quantitative estimate of drug-likeness (QED) is 0.689. The van der Waals surface area contributed by atoms with Crippen LogP contribution in [0, 0.1) is 0 Å². The third-order valence-electron chi connectivity index (χ3n) is 2.89. The number of ether oxygens (including phenoxy) is 2. The lowest BCUT2D eigenvalue weighted by atomic mass is 10.3. The first-order chi connectivity index (χ1) is 9.62. The Labute approximate surface area is 123 Å². The molecule has 0 aromatic carbocycles. The van der Waals surface area contributed by atoms with Gasteiger partial charge in [-0.15, -0.1) is 11.3 Å². The van der Waals surface area contributed by atoms with Crippen LogP contribution in [0.3, 0.4) is 0 Å². The molecule has 5 nitrogen and oxygen atoms in total. The van der Waals surface area contributed by atoms with Gasteiger partial charge in [0.25, 0.3) is 5.91 Å². The highest BCUT2D eigenvalue weighted by molar-refractivity contribution is 7.14. The van der Waals surface area contributed by atoms with E-state index in [1.54, 1.807) is 12.0 Å². The van der Waals surface area contributed by atoms with E-state index in [2.05, 4.69) is 11.7 Å². The van der Waals surface area contributed by atoms with Crippen molar-refractivity contribution < 1.29 is 19.1 Å². The molecule has 1 aromatic rings. The standard InChI is InChI=1S/C14H21NO4S/c1-4-11-5-6-12(20-11)14(17)15(9-10-18-2)8-7-13(16)19-3/h5-6H,4,7-10H2,1-3H3. The number of hydrogen-bond donors (Lipinski definition) is 0. The molecule has 1 amide bonds. The Morgan fingerprint density at radius 2 is 2.00 bits per heavy atom. The maximum absolute atomic E-state index is 12.4. The van der Waals surface area contributed by atoms with Gasteiger partial charge in [-0.2, -0.15) is 0 Å². The fourth-order valence-corrected chi connectivity index (χ4v) is 2.60. The normalized spacial score (nSPS) is 10.3. The van der Waals surface area contributed by atoms with Crippen molar-refractivity contribution in [2.75, 3.05) is 33.9 Å². The second-order valence-corrected chi connectivity index (χ2v) is 5.40. The van der Waals surface area contributed by atoms with E-state index in [9.17, 15) is 9.59 Å². The topological polar surface area (TPSA) is 55.8 Å². The largest absolute Gasteiger partial charge is 0.469 e. The maximum Gasteiger partial charge on any atom is 0.307 e. The number of nitrogens with zero attached hydrogens (tertiary/aromatic N) is 1. The molecule has 0 spiro atoms. The molecule has 0 N–H and O–H groups in total. The summed E-state index contributed by atoms with van der Waals surface area (Å²) in [5.41, 5.74) is 0. The molecule has 112 valence electrons. The molecule has 6 heteroatoms. The van der Waals surface area contributed by atoms with Crippen LogP contribution in [0.2, 0.25) is 0 Å². The zero-order valence-corrected chi connectivity index (χ0v) is 13.0. The van der Waals surface area contributed by atoms with Gasteiger partial charge in [0.05, 0.1) is 25.0 Å². The number of amides is 1. The summed E-state index contributed by atoms with van der Waals surface area (Å²) in [6.07, 6.45) is 1.11. The van der Waals surface area contributed by atoms with Crippen LogP contribution < -0.4 is 0 Å². The molecule has 0 radical (unpaired) electrons. The number of carbonyl (C=O) groups is 2. The van der Waals surface area contributed by atoms with Gasteiger partial charge < -0.3 is 14.4 Å². The molecule has 1 rings (SSSR count). The number of rotatable bonds is 8. The van der Waals surface area contributed by atoms with E-state index in [0.29, 0.717) is 24.6 Å². The number of methoxy groups -OCH3 is 2. The summed E-state index contributed by atoms with van der Waals surface area (Å²) < 4.78 is 9.62. The Morgan fingerprint density at radius 1 is 1.25 bits per heavy atom. The summed E-state index contributed by atoms with van der Waals surface area (Å²) in [7, 11) is 2.93. The van der Waals surface area contributed by atoms with Crippen LogP contribution in [-0.4, -0.2) is 50.7 Å². The Kier molecular flexibility index (Phi) is 7.25. The van der Waals surface area contributed by atoms with Gasteiger partial charge in [-0.3, -0.25) is 9.59 Å². The van der Waals surface area contributed by atoms with Crippen LogP contribution in [0.25, 0.3) is 0 Å². The average molecular weight is 299 g/mol. The first-order valence-electron chi connectivity index (χ1n) is 6.56. The molecule has 0 aliphatic rings. The van der Waals surface area contributed by atoms with Crippen molar-refractivity contribution in [2.24, 2.45) is 0 Å². The van der Waals surface area contributed by atoms with Crippen LogP contribution >= 0.6 is 11.3 Å². The number of carbonyl (C=O) groups excluding carboxylic acids is 2. The molecule has 0 aliphatic heterocycles. The number of hydrogen-bond acceptors (Lipinski definition) is 5. The zero-order valence-electron chi connectivity index (χ0n) is 12.2. The minimum atomic E-state index is -0.319. The molecule has 20 heavy (non-hydrogen) atoms. The van der Waals surface area contributed by atoms with Gasteiger partial charge >= 0.3 is 5.97 Å². The van der Waals surface area contributed by atoms with Gasteiger partial charge in [0, 0.05) is 25.1 Å². The SMILES string of the molecule is CCc1ccc(C(=O)N(CCOC)CCC(=O)OC)s1. The first-order valence-corrected chi connectivity index (χ1v) is 7.37. The molecule has 0 bridgehead atoms. The van der Waals surface area contributed by atoms with Gasteiger partial charge in [-0.1, -0.05) is 6.92 Å². The van der Waals surface area contributed by atoms with E-state index >= 15 is 0 Å². The summed E-state index contributed by atoms with van der Waals surface area (Å²) in [5.74, 6) is -0.378. The van der Waals surface area contributed by atoms with Crippen LogP contribution in [0.1, 0.15) is 27.9 Å². The van der Waals surface area contributed by atoms with Crippen molar-refractivity contribution in [3.8, 4) is 0 Å². The maximum atomic E-state index is 12.4. The number of thiophene rings is 1. The van der Waals surface area contributed by atoms with E-state index < -0.39 is 0 Å². The van der Waals surface area contributed by atoms with Crippen molar-refractivity contribution in [1.29, 1.82) is 0 Å². The van der Waals surface area contributed by atoms with E-state index in [-0.39, 0.29) is 18.3 Å². The molecule has 1 heterocycles.